The quantitative estimate of drug-likeness (QED) is 0.0558. The van der Waals surface area contributed by atoms with Gasteiger partial charge in [0.15, 0.2) is 0 Å². The fourth-order valence-electron chi connectivity index (χ4n) is 3.60. The van der Waals surface area contributed by atoms with Gasteiger partial charge in [0.2, 0.25) is 0 Å². The fourth-order valence-corrected chi connectivity index (χ4v) is 3.60. The van der Waals surface area contributed by atoms with E-state index < -0.39 is 5.97 Å². The van der Waals surface area contributed by atoms with Crippen LogP contribution in [0.25, 0.3) is 0 Å². The van der Waals surface area contributed by atoms with Gasteiger partial charge >= 0.3 is 11.9 Å². The van der Waals surface area contributed by atoms with Crippen LogP contribution in [0.15, 0.2) is 12.2 Å². The van der Waals surface area contributed by atoms with Gasteiger partial charge in [-0.25, -0.2) is 4.79 Å². The lowest BCUT2D eigenvalue weighted by Crippen LogP contribution is -2.15. The number of carbonyl (C=O) groups excluding carboxylic acids is 2. The topological polar surface area (TPSA) is 117 Å². The molecule has 0 fully saturated rings. The molecule has 0 aromatic heterocycles. The van der Waals surface area contributed by atoms with E-state index in [1.807, 2.05) is 0 Å². The van der Waals surface area contributed by atoms with Gasteiger partial charge in [-0.1, -0.05) is 64.9 Å². The first-order chi connectivity index (χ1) is 21.1. The van der Waals surface area contributed by atoms with Crippen molar-refractivity contribution >= 4 is 11.9 Å². The minimum Gasteiger partial charge on any atom is -0.463 e. The Morgan fingerprint density at radius 2 is 0.744 bits per heavy atom. The van der Waals surface area contributed by atoms with Crippen molar-refractivity contribution in [1.82, 2.24) is 0 Å². The van der Waals surface area contributed by atoms with Crippen LogP contribution in [0.4, 0.5) is 0 Å². The predicted octanol–water partition coefficient (Wildman–Crippen LogP) is 4.69. The molecule has 0 atom stereocenters. The van der Waals surface area contributed by atoms with E-state index in [9.17, 15) is 9.59 Å². The Balaban J connectivity index is 3.14. The summed E-state index contributed by atoms with van der Waals surface area (Å²) >= 11 is 0. The van der Waals surface area contributed by atoms with Crippen molar-refractivity contribution in [2.24, 2.45) is 0 Å². The number of hydrogen-bond donors (Lipinski definition) is 0. The number of rotatable bonds is 35. The van der Waals surface area contributed by atoms with E-state index in [1.54, 1.807) is 6.92 Å². The molecule has 0 rings (SSSR count). The Kier molecular flexibility index (Phi) is 33.6. The van der Waals surface area contributed by atoms with E-state index in [2.05, 4.69) is 13.5 Å². The lowest BCUT2D eigenvalue weighted by atomic mass is 10.1. The molecule has 0 amide bonds. The standard InChI is InChI=1S/C32H60O11/c1-4-5-6-7-8-9-10-11-12-13-31(33)42-28-26-40-24-22-38-20-18-36-16-14-35-15-17-37-19-21-39-23-25-41-27-29-43-32(34)30(2)3/h2,4-29H2,1,3H3. The van der Waals surface area contributed by atoms with Crippen molar-refractivity contribution in [3.05, 3.63) is 12.2 Å². The molecule has 0 aromatic rings. The van der Waals surface area contributed by atoms with Crippen molar-refractivity contribution in [3.8, 4) is 0 Å². The summed E-state index contributed by atoms with van der Waals surface area (Å²) in [5, 5.41) is 0. The Hall–Kier alpha value is -1.60. The zero-order valence-electron chi connectivity index (χ0n) is 27.1. The number of unbranched alkanes of at least 4 members (excludes halogenated alkanes) is 8. The van der Waals surface area contributed by atoms with Crippen molar-refractivity contribution in [3.63, 3.8) is 0 Å². The second kappa shape index (κ2) is 34.9. The molecule has 0 spiro atoms. The molecule has 0 aromatic carbocycles. The first-order valence-electron chi connectivity index (χ1n) is 16.1. The van der Waals surface area contributed by atoms with Gasteiger partial charge in [0.25, 0.3) is 0 Å². The molecule has 0 aliphatic rings. The zero-order chi connectivity index (χ0) is 31.5. The summed E-state index contributed by atoms with van der Waals surface area (Å²) in [6.07, 6.45) is 11.6. The van der Waals surface area contributed by atoms with E-state index in [1.165, 1.54) is 44.9 Å². The maximum absolute atomic E-state index is 11.7. The lowest BCUT2D eigenvalue weighted by molar-refractivity contribution is -0.145. The Bertz CT molecular complexity index is 630. The number of carbonyl (C=O) groups is 2. The zero-order valence-corrected chi connectivity index (χ0v) is 27.1. The van der Waals surface area contributed by atoms with Gasteiger partial charge in [0.1, 0.15) is 13.2 Å². The maximum atomic E-state index is 11.7. The summed E-state index contributed by atoms with van der Waals surface area (Å²) in [4.78, 5) is 22.9. The summed E-state index contributed by atoms with van der Waals surface area (Å²) in [5.74, 6) is -0.553. The Morgan fingerprint density at radius 1 is 0.442 bits per heavy atom. The molecule has 0 unspecified atom stereocenters. The SMILES string of the molecule is C=C(C)C(=O)OCCOCCOCCOCCOCCOCCOCCOCCOC(=O)CCCCCCCCCCC. The molecule has 11 heteroatoms. The molecule has 0 aliphatic carbocycles. The van der Waals surface area contributed by atoms with E-state index in [-0.39, 0.29) is 19.2 Å². The summed E-state index contributed by atoms with van der Waals surface area (Å²) < 4.78 is 48.0. The van der Waals surface area contributed by atoms with Crippen LogP contribution >= 0.6 is 0 Å². The first kappa shape index (κ1) is 41.4. The number of hydrogen-bond acceptors (Lipinski definition) is 11. The number of esters is 2. The van der Waals surface area contributed by atoms with Crippen LogP contribution in [0, 0.1) is 0 Å². The first-order valence-corrected chi connectivity index (χ1v) is 16.1. The third kappa shape index (κ3) is 34.8. The van der Waals surface area contributed by atoms with Gasteiger partial charge in [0, 0.05) is 12.0 Å². The van der Waals surface area contributed by atoms with Gasteiger partial charge in [-0.2, -0.15) is 0 Å². The summed E-state index contributed by atoms with van der Waals surface area (Å²) in [6, 6.07) is 0. The second-order valence-electron chi connectivity index (χ2n) is 10.0. The molecule has 0 saturated heterocycles. The monoisotopic (exact) mass is 620 g/mol. The van der Waals surface area contributed by atoms with Crippen LogP contribution in [-0.2, 0) is 52.2 Å². The Labute approximate surface area is 260 Å². The van der Waals surface area contributed by atoms with E-state index >= 15 is 0 Å². The van der Waals surface area contributed by atoms with Crippen molar-refractivity contribution < 1.29 is 52.2 Å². The Morgan fingerprint density at radius 3 is 1.09 bits per heavy atom. The van der Waals surface area contributed by atoms with E-state index in [4.69, 9.17) is 42.6 Å². The third-order valence-corrected chi connectivity index (χ3v) is 6.02. The second-order valence-corrected chi connectivity index (χ2v) is 10.0. The molecule has 0 bridgehead atoms. The highest BCUT2D eigenvalue weighted by atomic mass is 16.6. The van der Waals surface area contributed by atoms with Crippen LogP contribution < -0.4 is 0 Å². The highest BCUT2D eigenvalue weighted by Crippen LogP contribution is 2.10. The van der Waals surface area contributed by atoms with Crippen molar-refractivity contribution in [1.29, 1.82) is 0 Å². The average Bonchev–Trinajstić information content (AvgIpc) is 3.00. The molecule has 0 N–H and O–H groups in total. The van der Waals surface area contributed by atoms with Crippen LogP contribution in [0.2, 0.25) is 0 Å². The van der Waals surface area contributed by atoms with E-state index in [0.29, 0.717) is 104 Å². The molecular weight excluding hydrogens is 560 g/mol. The summed E-state index contributed by atoms with van der Waals surface area (Å²) in [6.45, 7) is 14.1. The van der Waals surface area contributed by atoms with Gasteiger partial charge in [-0.3, -0.25) is 4.79 Å². The van der Waals surface area contributed by atoms with Gasteiger partial charge in [-0.05, 0) is 13.3 Å². The van der Waals surface area contributed by atoms with Crippen LogP contribution in [0.5, 0.6) is 0 Å². The molecule has 11 nitrogen and oxygen atoms in total. The molecule has 0 saturated carbocycles. The van der Waals surface area contributed by atoms with Crippen LogP contribution in [0.3, 0.4) is 0 Å². The largest absolute Gasteiger partial charge is 0.463 e. The molecule has 0 aliphatic heterocycles. The summed E-state index contributed by atoms with van der Waals surface area (Å²) in [7, 11) is 0. The van der Waals surface area contributed by atoms with Gasteiger partial charge < -0.3 is 42.6 Å². The average molecular weight is 621 g/mol. The minimum atomic E-state index is -0.413. The predicted molar refractivity (Wildman–Crippen MR) is 164 cm³/mol. The maximum Gasteiger partial charge on any atom is 0.333 e. The lowest BCUT2D eigenvalue weighted by Gasteiger charge is -2.09. The minimum absolute atomic E-state index is 0.140. The van der Waals surface area contributed by atoms with E-state index in [0.717, 1.165) is 12.8 Å². The highest BCUT2D eigenvalue weighted by Gasteiger charge is 2.03. The van der Waals surface area contributed by atoms with Crippen LogP contribution in [-0.4, -0.2) is 118 Å². The molecule has 254 valence electrons. The smallest absolute Gasteiger partial charge is 0.333 e. The highest BCUT2D eigenvalue weighted by molar-refractivity contribution is 5.86. The van der Waals surface area contributed by atoms with Gasteiger partial charge in [-0.15, -0.1) is 0 Å². The number of ether oxygens (including phenoxy) is 9. The third-order valence-electron chi connectivity index (χ3n) is 6.02. The summed E-state index contributed by atoms with van der Waals surface area (Å²) in [5.41, 5.74) is 0.370. The molecular formula is C32H60O11. The van der Waals surface area contributed by atoms with Crippen LogP contribution in [0.1, 0.15) is 78.1 Å². The normalized spacial score (nSPS) is 11.1. The molecule has 43 heavy (non-hydrogen) atoms. The molecule has 0 heterocycles. The van der Waals surface area contributed by atoms with Crippen molar-refractivity contribution in [2.45, 2.75) is 78.1 Å². The fraction of sp³-hybridized carbons (Fsp3) is 0.875. The van der Waals surface area contributed by atoms with Gasteiger partial charge in [0.05, 0.1) is 92.5 Å². The van der Waals surface area contributed by atoms with Crippen molar-refractivity contribution in [2.75, 3.05) is 106 Å². The molecule has 0 radical (unpaired) electrons.